The molecule has 7 aromatic carbocycles. The van der Waals surface area contributed by atoms with Crippen LogP contribution in [0.2, 0.25) is 0 Å². The van der Waals surface area contributed by atoms with Crippen LogP contribution in [0.25, 0.3) is 93.6 Å². The van der Waals surface area contributed by atoms with E-state index in [1.54, 1.807) is 0 Å². The van der Waals surface area contributed by atoms with Crippen LogP contribution >= 0.6 is 0 Å². The van der Waals surface area contributed by atoms with Crippen LogP contribution in [-0.4, -0.2) is 24.6 Å². The molecule has 12 aromatic rings. The summed E-state index contributed by atoms with van der Waals surface area (Å²) in [5.74, 6) is 0. The van der Waals surface area contributed by atoms with Gasteiger partial charge in [0, 0.05) is 45.9 Å². The van der Waals surface area contributed by atoms with Crippen molar-refractivity contribution in [2.75, 3.05) is 0 Å². The monoisotopic (exact) mass is 821 g/mol. The Morgan fingerprint density at radius 3 is 1.67 bits per heavy atom. The molecule has 12 rings (SSSR count). The molecule has 5 aromatic heterocycles. The molecule has 0 N–H and O–H groups in total. The number of aryl methyl sites for hydroxylation is 5. The second-order valence-electron chi connectivity index (χ2n) is 17.0. The molecule has 0 saturated carbocycles. The Hall–Kier alpha value is -8.02. The van der Waals surface area contributed by atoms with E-state index in [2.05, 4.69) is 167 Å². The maximum Gasteiger partial charge on any atom is 0.0848 e. The van der Waals surface area contributed by atoms with Crippen molar-refractivity contribution in [3.63, 3.8) is 0 Å². The highest BCUT2D eigenvalue weighted by molar-refractivity contribution is 6.31. The minimum atomic E-state index is 0.935. The number of fused-ring (bicyclic) bond motifs is 6. The lowest BCUT2D eigenvalue weighted by Gasteiger charge is -2.18. The quantitative estimate of drug-likeness (QED) is 0.102. The van der Waals surface area contributed by atoms with Crippen molar-refractivity contribution in [1.82, 2.24) is 24.6 Å². The molecule has 64 heavy (non-hydrogen) atoms. The van der Waals surface area contributed by atoms with E-state index in [0.717, 1.165) is 75.5 Å². The summed E-state index contributed by atoms with van der Waals surface area (Å²) in [4.78, 5) is 14.1. The number of rotatable bonds is 10. The fourth-order valence-corrected chi connectivity index (χ4v) is 9.94. The molecule has 0 atom stereocenters. The maximum atomic E-state index is 5.07. The molecule has 0 radical (unpaired) electrons. The maximum absolute atomic E-state index is 5.07. The van der Waals surface area contributed by atoms with Gasteiger partial charge in [0.05, 0.1) is 34.1 Å². The number of nitrogens with zero attached hydrogens (tertiary/aromatic N) is 5. The Kier molecular flexibility index (Phi) is 9.26. The minimum absolute atomic E-state index is 0.935. The lowest BCUT2D eigenvalue weighted by atomic mass is 9.87. The zero-order valence-electron chi connectivity index (χ0n) is 35.5. The van der Waals surface area contributed by atoms with Gasteiger partial charge in [-0.25, -0.2) is 4.52 Å². The molecular formula is C59H43N5. The van der Waals surface area contributed by atoms with Gasteiger partial charge in [-0.3, -0.25) is 15.0 Å². The molecule has 0 bridgehead atoms. The second-order valence-corrected chi connectivity index (χ2v) is 17.0. The summed E-state index contributed by atoms with van der Waals surface area (Å²) in [6.07, 6.45) is 11.5. The first-order chi connectivity index (χ1) is 31.6. The van der Waals surface area contributed by atoms with Gasteiger partial charge in [0.25, 0.3) is 0 Å². The summed E-state index contributed by atoms with van der Waals surface area (Å²) in [5, 5.41) is 12.2. The third kappa shape index (κ3) is 6.65. The van der Waals surface area contributed by atoms with E-state index in [1.807, 2.05) is 49.1 Å². The van der Waals surface area contributed by atoms with Crippen molar-refractivity contribution in [3.05, 3.63) is 222 Å². The Morgan fingerprint density at radius 2 is 1.03 bits per heavy atom. The number of pyridine rings is 4. The van der Waals surface area contributed by atoms with Crippen LogP contribution < -0.4 is 0 Å². The van der Waals surface area contributed by atoms with E-state index in [0.29, 0.717) is 0 Å². The van der Waals surface area contributed by atoms with Crippen LogP contribution in [0.15, 0.2) is 195 Å². The molecule has 304 valence electrons. The zero-order chi connectivity index (χ0) is 42.6. The molecule has 0 fully saturated rings. The highest BCUT2D eigenvalue weighted by atomic mass is 15.2. The van der Waals surface area contributed by atoms with Crippen molar-refractivity contribution in [2.24, 2.45) is 0 Å². The third-order valence-electron chi connectivity index (χ3n) is 13.1. The molecule has 0 unspecified atom stereocenters. The molecule has 0 amide bonds. The third-order valence-corrected chi connectivity index (χ3v) is 13.1. The first-order valence-corrected chi connectivity index (χ1v) is 22.2. The van der Waals surface area contributed by atoms with Crippen molar-refractivity contribution >= 4 is 48.9 Å². The molecule has 5 heterocycles. The fraction of sp³-hybridized carbons (Fsp3) is 0.0847. The van der Waals surface area contributed by atoms with Crippen molar-refractivity contribution in [3.8, 4) is 44.8 Å². The number of aromatic nitrogens is 5. The van der Waals surface area contributed by atoms with Crippen LogP contribution in [0.1, 0.15) is 27.8 Å². The standard InChI is InChI=1S/C59H43N5/c1-38-9-8-12-47(56(38)45-27-28-51-55(36-45)64-59-52(37-63-64)49-11-3-2-10-48(49)50-29-32-62-58(51)57(50)59)46-34-41(17-15-39-19-23-43(24-20-39)53-13-4-6-30-60-53)33-42(35-46)18-16-40-21-25-44(26-22-40)54-14-5-7-31-61-54/h2-14,19-37H,15-18H2,1H3. The summed E-state index contributed by atoms with van der Waals surface area (Å²) in [6.45, 7) is 2.24. The summed E-state index contributed by atoms with van der Waals surface area (Å²) < 4.78 is 2.15. The molecule has 5 nitrogen and oxygen atoms in total. The average Bonchev–Trinajstić information content (AvgIpc) is 3.82. The summed E-state index contributed by atoms with van der Waals surface area (Å²) in [7, 11) is 0. The van der Waals surface area contributed by atoms with E-state index in [-0.39, 0.29) is 0 Å². The second kappa shape index (κ2) is 15.7. The smallest absolute Gasteiger partial charge is 0.0848 e. The van der Waals surface area contributed by atoms with E-state index in [1.165, 1.54) is 71.6 Å². The molecular weight excluding hydrogens is 779 g/mol. The predicted molar refractivity (Wildman–Crippen MR) is 264 cm³/mol. The van der Waals surface area contributed by atoms with E-state index in [4.69, 9.17) is 10.1 Å². The summed E-state index contributed by atoms with van der Waals surface area (Å²) in [5.41, 5.74) is 18.9. The normalized spacial score (nSPS) is 11.8. The van der Waals surface area contributed by atoms with Gasteiger partial charge in [0.2, 0.25) is 0 Å². The highest BCUT2D eigenvalue weighted by Gasteiger charge is 2.21. The van der Waals surface area contributed by atoms with Crippen molar-refractivity contribution < 1.29 is 0 Å². The predicted octanol–water partition coefficient (Wildman–Crippen LogP) is 14.1. The largest absolute Gasteiger partial charge is 0.256 e. The summed E-state index contributed by atoms with van der Waals surface area (Å²) >= 11 is 0. The Bertz CT molecular complexity index is 3540. The molecule has 0 aliphatic heterocycles. The number of hydrogen-bond acceptors (Lipinski definition) is 4. The first kappa shape index (κ1) is 37.7. The Morgan fingerprint density at radius 1 is 0.422 bits per heavy atom. The van der Waals surface area contributed by atoms with Gasteiger partial charge in [-0.05, 0) is 141 Å². The van der Waals surface area contributed by atoms with Gasteiger partial charge in [0.1, 0.15) is 0 Å². The highest BCUT2D eigenvalue weighted by Crippen LogP contribution is 2.43. The van der Waals surface area contributed by atoms with E-state index < -0.39 is 0 Å². The van der Waals surface area contributed by atoms with Crippen molar-refractivity contribution in [2.45, 2.75) is 32.6 Å². The lowest BCUT2D eigenvalue weighted by Crippen LogP contribution is -1.99. The van der Waals surface area contributed by atoms with Crippen molar-refractivity contribution in [1.29, 1.82) is 0 Å². The van der Waals surface area contributed by atoms with Crippen LogP contribution in [0, 0.1) is 6.92 Å². The number of hydrogen-bond donors (Lipinski definition) is 0. The number of benzene rings is 7. The lowest BCUT2D eigenvalue weighted by molar-refractivity contribution is 0.931. The van der Waals surface area contributed by atoms with Gasteiger partial charge in [-0.1, -0.05) is 127 Å². The van der Waals surface area contributed by atoms with Crippen LogP contribution in [-0.2, 0) is 25.7 Å². The SMILES string of the molecule is Cc1cccc(-c2cc(CCc3ccc(-c4ccccn4)cc3)cc(CCc3ccc(-c4ccccn4)cc3)c2)c1-c1ccc2c3nccc4c5ccccc5c5cnn(c2c1)c5c43. The van der Waals surface area contributed by atoms with Crippen LogP contribution in [0.4, 0.5) is 0 Å². The van der Waals surface area contributed by atoms with E-state index in [9.17, 15) is 0 Å². The molecule has 0 aliphatic rings. The molecule has 0 aliphatic carbocycles. The first-order valence-electron chi connectivity index (χ1n) is 22.2. The van der Waals surface area contributed by atoms with Crippen LogP contribution in [0.5, 0.6) is 0 Å². The Labute approximate surface area is 371 Å². The zero-order valence-corrected chi connectivity index (χ0v) is 35.5. The average molecular weight is 822 g/mol. The van der Waals surface area contributed by atoms with Gasteiger partial charge >= 0.3 is 0 Å². The summed E-state index contributed by atoms with van der Waals surface area (Å²) in [6, 6.07) is 61.6. The molecule has 0 saturated heterocycles. The fourth-order valence-electron chi connectivity index (χ4n) is 9.94. The van der Waals surface area contributed by atoms with Crippen LogP contribution in [0.3, 0.4) is 0 Å². The molecule has 0 spiro atoms. The van der Waals surface area contributed by atoms with E-state index >= 15 is 0 Å². The topological polar surface area (TPSA) is 56.0 Å². The van der Waals surface area contributed by atoms with Gasteiger partial charge in [-0.15, -0.1) is 0 Å². The minimum Gasteiger partial charge on any atom is -0.256 e. The van der Waals surface area contributed by atoms with Gasteiger partial charge in [0.15, 0.2) is 0 Å². The Balaban J connectivity index is 0.936. The van der Waals surface area contributed by atoms with Gasteiger partial charge < -0.3 is 0 Å². The van der Waals surface area contributed by atoms with Gasteiger partial charge in [-0.2, -0.15) is 5.10 Å². The molecule has 5 heteroatoms.